The zero-order valence-corrected chi connectivity index (χ0v) is 58.8. The monoisotopic (exact) mass is 1380 g/mol. The third-order valence-electron chi connectivity index (χ3n) is 19.9. The minimum Gasteiger partial charge on any atom is -0.497 e. The van der Waals surface area contributed by atoms with Gasteiger partial charge in [-0.25, -0.2) is 17.6 Å². The van der Waals surface area contributed by atoms with Gasteiger partial charge in [0.1, 0.15) is 29.0 Å². The summed E-state index contributed by atoms with van der Waals surface area (Å²) in [5.74, 6) is 0.0186. The van der Waals surface area contributed by atoms with Gasteiger partial charge in [-0.3, -0.25) is 0 Å². The largest absolute Gasteiger partial charge is 0.497 e. The van der Waals surface area contributed by atoms with E-state index in [9.17, 15) is 30.7 Å². The molecule has 4 aliphatic rings. The van der Waals surface area contributed by atoms with Crippen LogP contribution in [0.5, 0.6) is 5.75 Å². The Labute approximate surface area is 591 Å². The Kier molecular flexibility index (Phi) is 20.8. The SMILES string of the molecule is CN1CCc2c(c3cc(F)ccc3n2/C=C/c2ccc(C(F)(F)F)cc2)C1.CN1CCc2c(c3cc(F)ccc3n2/C=C\c2ccc(N(C)C)cc2)C1.COc1ccc(/C=C\n2c3c(c4cc(F)ccc42)CN(C)CC3)cc1.Cc1ccc2c(c1)c1c(n2/C=C/c2ccc(F)cc2)CCN(C)C1. The molecular formula is C85H84F7N9O. The second-order valence-electron chi connectivity index (χ2n) is 27.3. The van der Waals surface area contributed by atoms with Gasteiger partial charge in [-0.15, -0.1) is 0 Å². The summed E-state index contributed by atoms with van der Waals surface area (Å²) in [4.78, 5) is 11.2. The number of halogens is 7. The molecule has 8 aromatic carbocycles. The predicted molar refractivity (Wildman–Crippen MR) is 405 cm³/mol. The van der Waals surface area contributed by atoms with Crippen LogP contribution in [-0.2, 0) is 58.0 Å². The molecule has 0 bridgehead atoms. The Morgan fingerprint density at radius 1 is 0.373 bits per heavy atom. The second-order valence-corrected chi connectivity index (χ2v) is 27.3. The van der Waals surface area contributed by atoms with E-state index in [0.29, 0.717) is 5.56 Å². The summed E-state index contributed by atoms with van der Waals surface area (Å²) in [6, 6.07) is 49.7. The molecule has 8 heterocycles. The van der Waals surface area contributed by atoms with Gasteiger partial charge in [0, 0.05) is 167 Å². The van der Waals surface area contributed by atoms with E-state index in [1.807, 2.05) is 80.4 Å². The molecule has 102 heavy (non-hydrogen) atoms. The standard InChI is InChI=1S/C22H24FN3.C21H18F4N2.C21H21FN2O.C21H21FN2/c1-24(2)18-7-4-16(5-8-18)10-13-26-21-9-6-17(23)14-19(21)20-15-25(3)12-11-22(20)26;1-26-10-9-20-18(13-26)17-12-16(22)6-7-19(17)27(20)11-8-14-2-4-15(5-3-14)21(23,24)25;1-23-11-10-21-19(14-23)18-13-16(22)5-8-20(18)24(21)12-9-15-3-6-17(25-2)7-4-15;1-15-3-8-20-18(13-15)19-14-23(2)11-10-21(19)24(20)12-9-16-4-6-17(22)7-5-16/h4-10,13-14H,11-12,15H2,1-3H3;2-8,11-12H,9-10,13H2,1H3;3-9,12-13H,10-11,14H2,1-2H3;3-9,12-13H,10-11,14H2,1-2H3/b13-10-;11-8+;12-9-;12-9+. The van der Waals surface area contributed by atoms with E-state index in [4.69, 9.17) is 4.74 Å². The van der Waals surface area contributed by atoms with Crippen molar-refractivity contribution in [1.29, 1.82) is 0 Å². The van der Waals surface area contributed by atoms with Gasteiger partial charge in [-0.05, 0) is 219 Å². The van der Waals surface area contributed by atoms with Crippen LogP contribution in [0.15, 0.2) is 170 Å². The first kappa shape index (κ1) is 70.3. The normalized spacial score (nSPS) is 15.2. The van der Waals surface area contributed by atoms with Gasteiger partial charge in [-0.2, -0.15) is 13.2 Å². The Morgan fingerprint density at radius 3 is 0.990 bits per heavy atom. The Bertz CT molecular complexity index is 5130. The number of hydrogen-bond acceptors (Lipinski definition) is 6. The highest BCUT2D eigenvalue weighted by Crippen LogP contribution is 2.37. The summed E-state index contributed by atoms with van der Waals surface area (Å²) in [6.07, 6.45) is 15.7. The molecule has 0 atom stereocenters. The topological polar surface area (TPSA) is 45.1 Å². The third-order valence-corrected chi connectivity index (χ3v) is 19.9. The van der Waals surface area contributed by atoms with E-state index in [1.54, 1.807) is 43.5 Å². The third kappa shape index (κ3) is 15.5. The molecule has 0 N–H and O–H groups in total. The summed E-state index contributed by atoms with van der Waals surface area (Å²) in [6.45, 7) is 9.63. The fraction of sp³-hybridized carbons (Fsp3) is 0.247. The Morgan fingerprint density at radius 2 is 0.667 bits per heavy atom. The fourth-order valence-electron chi connectivity index (χ4n) is 14.4. The molecule has 4 aromatic heterocycles. The van der Waals surface area contributed by atoms with Crippen LogP contribution in [-0.4, -0.2) is 113 Å². The molecule has 524 valence electrons. The van der Waals surface area contributed by atoms with E-state index < -0.39 is 11.7 Å². The molecule has 17 heteroatoms. The number of hydrogen-bond donors (Lipinski definition) is 0. The lowest BCUT2D eigenvalue weighted by molar-refractivity contribution is -0.137. The highest BCUT2D eigenvalue weighted by atomic mass is 19.4. The highest BCUT2D eigenvalue weighted by molar-refractivity contribution is 5.92. The number of likely N-dealkylation sites (N-methyl/N-ethyl adjacent to an activating group) is 4. The van der Waals surface area contributed by atoms with Crippen LogP contribution in [0.2, 0.25) is 0 Å². The van der Waals surface area contributed by atoms with Crippen LogP contribution in [0, 0.1) is 30.2 Å². The molecule has 0 spiro atoms. The first-order valence-corrected chi connectivity index (χ1v) is 34.5. The predicted octanol–water partition coefficient (Wildman–Crippen LogP) is 19.0. The number of alkyl halides is 3. The molecule has 0 fully saturated rings. The van der Waals surface area contributed by atoms with Crippen LogP contribution in [0.25, 0.3) is 92.7 Å². The average molecular weight is 1380 g/mol. The molecule has 0 radical (unpaired) electrons. The zero-order valence-electron chi connectivity index (χ0n) is 58.8. The van der Waals surface area contributed by atoms with Crippen molar-refractivity contribution in [3.63, 3.8) is 0 Å². The smallest absolute Gasteiger partial charge is 0.416 e. The number of ether oxygens (including phenoxy) is 1. The summed E-state index contributed by atoms with van der Waals surface area (Å²) in [5, 5.41) is 4.27. The van der Waals surface area contributed by atoms with Gasteiger partial charge in [0.25, 0.3) is 0 Å². The van der Waals surface area contributed by atoms with E-state index in [1.165, 1.54) is 92.3 Å². The maximum atomic E-state index is 13.8. The fourth-order valence-corrected chi connectivity index (χ4v) is 14.4. The first-order valence-electron chi connectivity index (χ1n) is 34.5. The lowest BCUT2D eigenvalue weighted by atomic mass is 10.0. The van der Waals surface area contributed by atoms with Gasteiger partial charge < -0.3 is 47.5 Å². The highest BCUT2D eigenvalue weighted by Gasteiger charge is 2.30. The number of aryl methyl sites for hydroxylation is 1. The van der Waals surface area contributed by atoms with E-state index in [2.05, 4.69) is 146 Å². The summed E-state index contributed by atoms with van der Waals surface area (Å²) in [7, 11) is 14.2. The lowest BCUT2D eigenvalue weighted by Crippen LogP contribution is -2.26. The Hall–Kier alpha value is -10.2. The van der Waals surface area contributed by atoms with Crippen LogP contribution in [0.4, 0.5) is 36.4 Å². The van der Waals surface area contributed by atoms with Gasteiger partial charge in [0.15, 0.2) is 0 Å². The Balaban J connectivity index is 0.000000121. The molecule has 0 aliphatic carbocycles. The quantitative estimate of drug-likeness (QED) is 0.127. The summed E-state index contributed by atoms with van der Waals surface area (Å²) in [5.41, 5.74) is 20.2. The van der Waals surface area contributed by atoms with Gasteiger partial charge in [0.2, 0.25) is 0 Å². The van der Waals surface area contributed by atoms with Crippen molar-refractivity contribution >= 4 is 98.4 Å². The number of anilines is 1. The molecule has 10 nitrogen and oxygen atoms in total. The van der Waals surface area contributed by atoms with Crippen LogP contribution in [0.1, 0.15) is 78.4 Å². The summed E-state index contributed by atoms with van der Waals surface area (Å²) < 4.78 is 107. The number of nitrogens with zero attached hydrogens (tertiary/aromatic N) is 9. The van der Waals surface area contributed by atoms with E-state index in [0.717, 1.165) is 157 Å². The van der Waals surface area contributed by atoms with Crippen molar-refractivity contribution in [2.75, 3.05) is 80.5 Å². The lowest BCUT2D eigenvalue weighted by Gasteiger charge is -2.23. The molecule has 12 aromatic rings. The first-order chi connectivity index (χ1) is 49.1. The number of methoxy groups -OCH3 is 1. The number of rotatable bonds is 10. The molecule has 0 amide bonds. The van der Waals surface area contributed by atoms with Crippen molar-refractivity contribution in [3.8, 4) is 5.75 Å². The molecular weight excluding hydrogens is 1300 g/mol. The second kappa shape index (κ2) is 30.2. The van der Waals surface area contributed by atoms with Crippen molar-refractivity contribution in [1.82, 2.24) is 37.9 Å². The maximum absolute atomic E-state index is 13.8. The summed E-state index contributed by atoms with van der Waals surface area (Å²) >= 11 is 0. The number of aromatic nitrogens is 4. The van der Waals surface area contributed by atoms with E-state index in [-0.39, 0.29) is 23.3 Å². The van der Waals surface area contributed by atoms with Gasteiger partial charge >= 0.3 is 6.18 Å². The van der Waals surface area contributed by atoms with Gasteiger partial charge in [-0.1, -0.05) is 60.2 Å². The zero-order chi connectivity index (χ0) is 71.5. The van der Waals surface area contributed by atoms with Crippen molar-refractivity contribution in [3.05, 3.63) is 272 Å². The van der Waals surface area contributed by atoms with Crippen molar-refractivity contribution in [2.24, 2.45) is 0 Å². The number of fused-ring (bicyclic) bond motifs is 12. The maximum Gasteiger partial charge on any atom is 0.416 e. The molecule has 0 saturated heterocycles. The number of benzene rings is 8. The van der Waals surface area contributed by atoms with Crippen LogP contribution < -0.4 is 9.64 Å². The minimum atomic E-state index is -4.34. The minimum absolute atomic E-state index is 0.172. The molecule has 0 unspecified atom stereocenters. The molecule has 16 rings (SSSR count). The average Bonchev–Trinajstić information content (AvgIpc) is 1.69. The van der Waals surface area contributed by atoms with Crippen LogP contribution >= 0.6 is 0 Å². The van der Waals surface area contributed by atoms with Crippen molar-refractivity contribution < 1.29 is 35.5 Å². The van der Waals surface area contributed by atoms with Gasteiger partial charge in [0.05, 0.1) is 34.7 Å². The van der Waals surface area contributed by atoms with Crippen LogP contribution in [0.3, 0.4) is 0 Å². The van der Waals surface area contributed by atoms with Crippen molar-refractivity contribution in [2.45, 2.75) is 65.0 Å². The molecule has 0 saturated carbocycles. The molecule has 4 aliphatic heterocycles. The van der Waals surface area contributed by atoms with E-state index >= 15 is 0 Å².